The van der Waals surface area contributed by atoms with E-state index < -0.39 is 5.97 Å². The van der Waals surface area contributed by atoms with Gasteiger partial charge in [0.25, 0.3) is 0 Å². The van der Waals surface area contributed by atoms with Gasteiger partial charge >= 0.3 is 5.97 Å². The number of nitrogens with zero attached hydrogens (tertiary/aromatic N) is 3. The molecule has 0 aliphatic rings. The standard InChI is InChI=1S/C17H16ClN3O2S/c1-9-4-5-11(6-10(9)2)12-8-24-16-14(12)15(19-17(18)20-16)21(3)7-13(22)23/h4-6,8H,7H2,1-3H3,(H,22,23). The van der Waals surface area contributed by atoms with Crippen LogP contribution in [0.25, 0.3) is 21.3 Å². The van der Waals surface area contributed by atoms with Gasteiger partial charge in [0.1, 0.15) is 17.2 Å². The second kappa shape index (κ2) is 6.37. The van der Waals surface area contributed by atoms with E-state index in [2.05, 4.69) is 42.0 Å². The molecule has 0 saturated carbocycles. The number of rotatable bonds is 4. The van der Waals surface area contributed by atoms with Crippen LogP contribution < -0.4 is 4.90 Å². The maximum atomic E-state index is 11.1. The number of aliphatic carboxylic acids is 1. The number of hydrogen-bond acceptors (Lipinski definition) is 5. The third-order valence-electron chi connectivity index (χ3n) is 3.94. The van der Waals surface area contributed by atoms with Crippen LogP contribution in [0.5, 0.6) is 0 Å². The molecule has 0 bridgehead atoms. The summed E-state index contributed by atoms with van der Waals surface area (Å²) in [6, 6.07) is 6.25. The van der Waals surface area contributed by atoms with E-state index in [9.17, 15) is 4.79 Å². The number of aromatic nitrogens is 2. The minimum atomic E-state index is -0.927. The molecule has 0 aliphatic heterocycles. The smallest absolute Gasteiger partial charge is 0.323 e. The molecule has 0 atom stereocenters. The first kappa shape index (κ1) is 16.7. The molecule has 1 aromatic carbocycles. The van der Waals surface area contributed by atoms with Gasteiger partial charge in [0.05, 0.1) is 5.39 Å². The SMILES string of the molecule is Cc1ccc(-c2csc3nc(Cl)nc(N(C)CC(=O)O)c23)cc1C. The Morgan fingerprint density at radius 1 is 1.29 bits per heavy atom. The lowest BCUT2D eigenvalue weighted by Gasteiger charge is -2.17. The van der Waals surface area contributed by atoms with Crippen molar-refractivity contribution in [3.63, 3.8) is 0 Å². The monoisotopic (exact) mass is 361 g/mol. The number of anilines is 1. The van der Waals surface area contributed by atoms with E-state index in [0.29, 0.717) is 5.82 Å². The van der Waals surface area contributed by atoms with Gasteiger partial charge in [-0.3, -0.25) is 4.79 Å². The maximum Gasteiger partial charge on any atom is 0.323 e. The van der Waals surface area contributed by atoms with Gasteiger partial charge in [0, 0.05) is 18.0 Å². The van der Waals surface area contributed by atoms with Crippen LogP contribution in [0, 0.1) is 13.8 Å². The number of aryl methyl sites for hydroxylation is 2. The number of fused-ring (bicyclic) bond motifs is 1. The molecule has 0 saturated heterocycles. The Labute approximate surface area is 148 Å². The van der Waals surface area contributed by atoms with Crippen molar-refractivity contribution in [2.24, 2.45) is 0 Å². The lowest BCUT2D eigenvalue weighted by atomic mass is 10.0. The minimum absolute atomic E-state index is 0.114. The van der Waals surface area contributed by atoms with Crippen LogP contribution in [0.1, 0.15) is 11.1 Å². The normalized spacial score (nSPS) is 11.0. The highest BCUT2D eigenvalue weighted by Crippen LogP contribution is 2.39. The summed E-state index contributed by atoms with van der Waals surface area (Å²) in [5.41, 5.74) is 4.46. The highest BCUT2D eigenvalue weighted by Gasteiger charge is 2.19. The molecule has 0 amide bonds. The average Bonchev–Trinajstić information content (AvgIpc) is 2.92. The fraction of sp³-hybridized carbons (Fsp3) is 0.235. The Bertz CT molecular complexity index is 939. The molecule has 3 rings (SSSR count). The first-order chi connectivity index (χ1) is 11.4. The molecule has 124 valence electrons. The van der Waals surface area contributed by atoms with E-state index in [4.69, 9.17) is 16.7 Å². The van der Waals surface area contributed by atoms with Crippen molar-refractivity contribution in [1.29, 1.82) is 0 Å². The Morgan fingerprint density at radius 3 is 2.71 bits per heavy atom. The molecule has 3 aromatic rings. The largest absolute Gasteiger partial charge is 0.480 e. The molecule has 0 fully saturated rings. The summed E-state index contributed by atoms with van der Waals surface area (Å²) >= 11 is 7.49. The van der Waals surface area contributed by atoms with Crippen LogP contribution >= 0.6 is 22.9 Å². The molecule has 7 heteroatoms. The van der Waals surface area contributed by atoms with E-state index in [1.54, 1.807) is 11.9 Å². The highest BCUT2D eigenvalue weighted by molar-refractivity contribution is 7.17. The molecule has 1 N–H and O–H groups in total. The number of carboxylic acids is 1. The Morgan fingerprint density at radius 2 is 2.04 bits per heavy atom. The van der Waals surface area contributed by atoms with Crippen molar-refractivity contribution < 1.29 is 9.90 Å². The van der Waals surface area contributed by atoms with Crippen LogP contribution in [-0.2, 0) is 4.79 Å². The zero-order valence-electron chi connectivity index (χ0n) is 13.5. The summed E-state index contributed by atoms with van der Waals surface area (Å²) in [6.45, 7) is 3.97. The summed E-state index contributed by atoms with van der Waals surface area (Å²) in [5, 5.41) is 12.0. The van der Waals surface area contributed by atoms with Crippen molar-refractivity contribution in [2.45, 2.75) is 13.8 Å². The lowest BCUT2D eigenvalue weighted by Crippen LogP contribution is -2.26. The van der Waals surface area contributed by atoms with E-state index in [1.165, 1.54) is 22.5 Å². The van der Waals surface area contributed by atoms with E-state index in [-0.39, 0.29) is 11.8 Å². The first-order valence-electron chi connectivity index (χ1n) is 7.32. The quantitative estimate of drug-likeness (QED) is 0.707. The summed E-state index contributed by atoms with van der Waals surface area (Å²) in [6.07, 6.45) is 0. The average molecular weight is 362 g/mol. The summed E-state index contributed by atoms with van der Waals surface area (Å²) in [7, 11) is 1.69. The molecule has 0 spiro atoms. The number of hydrogen-bond donors (Lipinski definition) is 1. The van der Waals surface area contributed by atoms with E-state index >= 15 is 0 Å². The highest BCUT2D eigenvalue weighted by atomic mass is 35.5. The van der Waals surface area contributed by atoms with Crippen molar-refractivity contribution in [3.8, 4) is 11.1 Å². The number of carbonyl (C=O) groups is 1. The number of carboxylic acid groups (broad SMARTS) is 1. The van der Waals surface area contributed by atoms with Gasteiger partial charge in [-0.1, -0.05) is 18.2 Å². The number of halogens is 1. The zero-order valence-corrected chi connectivity index (χ0v) is 15.1. The Kier molecular flexibility index (Phi) is 4.43. The number of benzene rings is 1. The van der Waals surface area contributed by atoms with Gasteiger partial charge in [-0.25, -0.2) is 4.98 Å². The first-order valence-corrected chi connectivity index (χ1v) is 8.58. The fourth-order valence-corrected chi connectivity index (χ4v) is 3.73. The van der Waals surface area contributed by atoms with Gasteiger partial charge in [-0.2, -0.15) is 4.98 Å². The van der Waals surface area contributed by atoms with E-state index in [0.717, 1.165) is 21.3 Å². The van der Waals surface area contributed by atoms with Crippen molar-refractivity contribution in [2.75, 3.05) is 18.5 Å². The van der Waals surface area contributed by atoms with Gasteiger partial charge in [-0.15, -0.1) is 11.3 Å². The molecule has 0 radical (unpaired) electrons. The molecule has 0 aliphatic carbocycles. The predicted octanol–water partition coefficient (Wildman–Crippen LogP) is 4.15. The third-order valence-corrected chi connectivity index (χ3v) is 4.98. The summed E-state index contributed by atoms with van der Waals surface area (Å²) in [4.78, 5) is 21.9. The van der Waals surface area contributed by atoms with Crippen LogP contribution in [0.4, 0.5) is 5.82 Å². The second-order valence-electron chi connectivity index (χ2n) is 5.69. The summed E-state index contributed by atoms with van der Waals surface area (Å²) < 4.78 is 0. The molecule has 24 heavy (non-hydrogen) atoms. The number of likely N-dealkylation sites (N-methyl/N-ethyl adjacent to an activating group) is 1. The van der Waals surface area contributed by atoms with Crippen LogP contribution in [0.3, 0.4) is 0 Å². The van der Waals surface area contributed by atoms with Gasteiger partial charge < -0.3 is 10.0 Å². The lowest BCUT2D eigenvalue weighted by molar-refractivity contribution is -0.135. The van der Waals surface area contributed by atoms with Gasteiger partial charge in [0.15, 0.2) is 0 Å². The van der Waals surface area contributed by atoms with Crippen molar-refractivity contribution in [3.05, 3.63) is 40.0 Å². The van der Waals surface area contributed by atoms with E-state index in [1.807, 2.05) is 5.38 Å². The minimum Gasteiger partial charge on any atom is -0.480 e. The van der Waals surface area contributed by atoms with Crippen molar-refractivity contribution >= 4 is 44.9 Å². The zero-order chi connectivity index (χ0) is 17.4. The third kappa shape index (κ3) is 3.07. The summed E-state index contributed by atoms with van der Waals surface area (Å²) in [5.74, 6) is -0.398. The van der Waals surface area contributed by atoms with Crippen LogP contribution in [0.15, 0.2) is 23.6 Å². The van der Waals surface area contributed by atoms with Gasteiger partial charge in [-0.05, 0) is 42.1 Å². The van der Waals surface area contributed by atoms with Crippen LogP contribution in [-0.4, -0.2) is 34.6 Å². The second-order valence-corrected chi connectivity index (χ2v) is 6.89. The molecular weight excluding hydrogens is 346 g/mol. The van der Waals surface area contributed by atoms with Gasteiger partial charge in [0.2, 0.25) is 5.28 Å². The maximum absolute atomic E-state index is 11.1. The topological polar surface area (TPSA) is 66.3 Å². The molecule has 5 nitrogen and oxygen atoms in total. The Hall–Kier alpha value is -2.18. The molecule has 0 unspecified atom stereocenters. The predicted molar refractivity (Wildman–Crippen MR) is 98.2 cm³/mol. The van der Waals surface area contributed by atoms with Crippen LogP contribution in [0.2, 0.25) is 5.28 Å². The number of thiophene rings is 1. The molecule has 2 heterocycles. The molecule has 2 aromatic heterocycles. The fourth-order valence-electron chi connectivity index (χ4n) is 2.57. The van der Waals surface area contributed by atoms with Crippen molar-refractivity contribution in [1.82, 2.24) is 9.97 Å². The Balaban J connectivity index is 2.22. The molecular formula is C17H16ClN3O2S.